The quantitative estimate of drug-likeness (QED) is 0.813. The van der Waals surface area contributed by atoms with Gasteiger partial charge in [-0.2, -0.15) is 0 Å². The first-order valence-corrected chi connectivity index (χ1v) is 9.71. The van der Waals surface area contributed by atoms with E-state index in [0.717, 1.165) is 44.9 Å². The maximum absolute atomic E-state index is 9.58. The van der Waals surface area contributed by atoms with Gasteiger partial charge in [0.05, 0.1) is 7.11 Å². The van der Waals surface area contributed by atoms with Crippen LogP contribution in [0.4, 0.5) is 0 Å². The standard InChI is InChI=1S/C22H31N3O2/c1-17-18(2)22(27-3)5-4-20(17)15-25-12-11-24(16-21(25)8-13-26)14-19-6-9-23-10-7-19/h4-7,9-10,21,26H,8,11-16H2,1-3H3/t21-/m1/s1. The van der Waals surface area contributed by atoms with Gasteiger partial charge in [0.1, 0.15) is 5.75 Å². The molecule has 1 aromatic carbocycles. The molecule has 0 bridgehead atoms. The Morgan fingerprint density at radius 1 is 1.07 bits per heavy atom. The number of hydrogen-bond donors (Lipinski definition) is 1. The van der Waals surface area contributed by atoms with Gasteiger partial charge in [0.2, 0.25) is 0 Å². The molecule has 2 heterocycles. The Kier molecular flexibility index (Phi) is 6.83. The molecule has 5 heteroatoms. The van der Waals surface area contributed by atoms with E-state index in [-0.39, 0.29) is 6.61 Å². The summed E-state index contributed by atoms with van der Waals surface area (Å²) in [6, 6.07) is 8.78. The van der Waals surface area contributed by atoms with Crippen LogP contribution in [-0.2, 0) is 13.1 Å². The Morgan fingerprint density at radius 2 is 1.85 bits per heavy atom. The maximum atomic E-state index is 9.58. The van der Waals surface area contributed by atoms with E-state index in [2.05, 4.69) is 52.9 Å². The van der Waals surface area contributed by atoms with Crippen molar-refractivity contribution in [2.45, 2.75) is 39.4 Å². The minimum Gasteiger partial charge on any atom is -0.496 e. The average molecular weight is 370 g/mol. The summed E-state index contributed by atoms with van der Waals surface area (Å²) in [6.45, 7) is 9.42. The van der Waals surface area contributed by atoms with Crippen LogP contribution in [0.5, 0.6) is 5.75 Å². The first-order valence-electron chi connectivity index (χ1n) is 9.71. The molecule has 1 fully saturated rings. The van der Waals surface area contributed by atoms with Crippen molar-refractivity contribution >= 4 is 0 Å². The number of methoxy groups -OCH3 is 1. The monoisotopic (exact) mass is 369 g/mol. The SMILES string of the molecule is COc1ccc(CN2CCN(Cc3ccncc3)C[C@H]2CCO)c(C)c1C. The van der Waals surface area contributed by atoms with Gasteiger partial charge in [0.25, 0.3) is 0 Å². The fraction of sp³-hybridized carbons (Fsp3) is 0.500. The first-order chi connectivity index (χ1) is 13.1. The third kappa shape index (κ3) is 4.86. The highest BCUT2D eigenvalue weighted by Crippen LogP contribution is 2.26. The third-order valence-corrected chi connectivity index (χ3v) is 5.75. The zero-order chi connectivity index (χ0) is 19.2. The molecule has 0 aliphatic carbocycles. The summed E-state index contributed by atoms with van der Waals surface area (Å²) in [4.78, 5) is 9.11. The molecule has 27 heavy (non-hydrogen) atoms. The topological polar surface area (TPSA) is 48.8 Å². The summed E-state index contributed by atoms with van der Waals surface area (Å²) in [5.41, 5.74) is 5.16. The fourth-order valence-electron chi connectivity index (χ4n) is 3.94. The Bertz CT molecular complexity index is 736. The first kappa shape index (κ1) is 19.8. The van der Waals surface area contributed by atoms with Gasteiger partial charge in [-0.15, -0.1) is 0 Å². The van der Waals surface area contributed by atoms with E-state index in [1.54, 1.807) is 7.11 Å². The summed E-state index contributed by atoms with van der Waals surface area (Å²) in [6.07, 6.45) is 4.51. The zero-order valence-corrected chi connectivity index (χ0v) is 16.7. The van der Waals surface area contributed by atoms with Crippen LogP contribution in [0.1, 0.15) is 28.7 Å². The number of hydrogen-bond acceptors (Lipinski definition) is 5. The molecule has 1 aliphatic heterocycles. The average Bonchev–Trinajstić information content (AvgIpc) is 2.68. The van der Waals surface area contributed by atoms with Crippen LogP contribution in [0.25, 0.3) is 0 Å². The number of ether oxygens (including phenoxy) is 1. The third-order valence-electron chi connectivity index (χ3n) is 5.75. The molecule has 0 amide bonds. The summed E-state index contributed by atoms with van der Waals surface area (Å²) in [5, 5.41) is 9.58. The molecule has 2 aromatic rings. The van der Waals surface area contributed by atoms with Crippen molar-refractivity contribution < 1.29 is 9.84 Å². The normalized spacial score (nSPS) is 18.6. The molecule has 5 nitrogen and oxygen atoms in total. The van der Waals surface area contributed by atoms with E-state index in [1.165, 1.54) is 22.3 Å². The predicted octanol–water partition coefficient (Wildman–Crippen LogP) is 2.78. The van der Waals surface area contributed by atoms with Gasteiger partial charge in [-0.3, -0.25) is 14.8 Å². The van der Waals surface area contributed by atoms with Gasteiger partial charge >= 0.3 is 0 Å². The van der Waals surface area contributed by atoms with Crippen molar-refractivity contribution in [3.63, 3.8) is 0 Å². The molecule has 1 aromatic heterocycles. The van der Waals surface area contributed by atoms with Crippen molar-refractivity contribution in [2.75, 3.05) is 33.4 Å². The van der Waals surface area contributed by atoms with Crippen LogP contribution in [-0.4, -0.2) is 59.3 Å². The van der Waals surface area contributed by atoms with Crippen LogP contribution in [0, 0.1) is 13.8 Å². The Morgan fingerprint density at radius 3 is 2.56 bits per heavy atom. The van der Waals surface area contributed by atoms with E-state index in [4.69, 9.17) is 4.74 Å². The zero-order valence-electron chi connectivity index (χ0n) is 16.7. The van der Waals surface area contributed by atoms with Crippen LogP contribution in [0.15, 0.2) is 36.7 Å². The number of aliphatic hydroxyl groups is 1. The molecule has 0 spiro atoms. The summed E-state index contributed by atoms with van der Waals surface area (Å²) in [7, 11) is 1.72. The maximum Gasteiger partial charge on any atom is 0.122 e. The van der Waals surface area contributed by atoms with Gasteiger partial charge in [0.15, 0.2) is 0 Å². The van der Waals surface area contributed by atoms with Crippen LogP contribution < -0.4 is 4.74 Å². The van der Waals surface area contributed by atoms with Gasteiger partial charge in [-0.25, -0.2) is 0 Å². The largest absolute Gasteiger partial charge is 0.496 e. The smallest absolute Gasteiger partial charge is 0.122 e. The number of rotatable bonds is 7. The van der Waals surface area contributed by atoms with Crippen molar-refractivity contribution in [2.24, 2.45) is 0 Å². The molecular weight excluding hydrogens is 338 g/mol. The molecule has 1 N–H and O–H groups in total. The number of aromatic nitrogens is 1. The van der Waals surface area contributed by atoms with E-state index in [9.17, 15) is 5.11 Å². The Hall–Kier alpha value is -1.95. The lowest BCUT2D eigenvalue weighted by molar-refractivity contribution is 0.0498. The van der Waals surface area contributed by atoms with Crippen molar-refractivity contribution in [1.29, 1.82) is 0 Å². The van der Waals surface area contributed by atoms with Crippen LogP contribution in [0.3, 0.4) is 0 Å². The molecule has 0 unspecified atom stereocenters. The van der Waals surface area contributed by atoms with Gasteiger partial charge in [-0.05, 0) is 60.7 Å². The van der Waals surface area contributed by atoms with E-state index in [0.29, 0.717) is 6.04 Å². The van der Waals surface area contributed by atoms with Crippen molar-refractivity contribution in [3.05, 3.63) is 58.9 Å². The Balaban J connectivity index is 1.68. The minimum atomic E-state index is 0.227. The molecule has 1 saturated heterocycles. The highest BCUT2D eigenvalue weighted by molar-refractivity contribution is 5.43. The fourth-order valence-corrected chi connectivity index (χ4v) is 3.94. The van der Waals surface area contributed by atoms with Gasteiger partial charge < -0.3 is 9.84 Å². The molecule has 0 saturated carbocycles. The minimum absolute atomic E-state index is 0.227. The molecule has 3 rings (SSSR count). The number of aliphatic hydroxyl groups excluding tert-OH is 1. The van der Waals surface area contributed by atoms with E-state index < -0.39 is 0 Å². The van der Waals surface area contributed by atoms with Crippen LogP contribution in [0.2, 0.25) is 0 Å². The lowest BCUT2D eigenvalue weighted by Crippen LogP contribution is -2.52. The summed E-state index contributed by atoms with van der Waals surface area (Å²) < 4.78 is 5.44. The molecule has 0 radical (unpaired) electrons. The van der Waals surface area contributed by atoms with Crippen LogP contribution >= 0.6 is 0 Å². The summed E-state index contributed by atoms with van der Waals surface area (Å²) in [5.74, 6) is 0.949. The second-order valence-electron chi connectivity index (χ2n) is 7.40. The molecule has 1 aliphatic rings. The number of pyridine rings is 1. The number of piperazine rings is 1. The molecular formula is C22H31N3O2. The highest BCUT2D eigenvalue weighted by atomic mass is 16.5. The number of nitrogens with zero attached hydrogens (tertiary/aromatic N) is 3. The van der Waals surface area contributed by atoms with Crippen molar-refractivity contribution in [3.8, 4) is 5.75 Å². The second-order valence-corrected chi connectivity index (χ2v) is 7.40. The Labute approximate surface area is 162 Å². The lowest BCUT2D eigenvalue weighted by Gasteiger charge is -2.41. The summed E-state index contributed by atoms with van der Waals surface area (Å²) >= 11 is 0. The van der Waals surface area contributed by atoms with E-state index >= 15 is 0 Å². The molecule has 146 valence electrons. The predicted molar refractivity (Wildman–Crippen MR) is 108 cm³/mol. The van der Waals surface area contributed by atoms with Gasteiger partial charge in [-0.1, -0.05) is 6.07 Å². The van der Waals surface area contributed by atoms with E-state index in [1.807, 2.05) is 12.4 Å². The van der Waals surface area contributed by atoms with Gasteiger partial charge in [0, 0.05) is 57.8 Å². The number of benzene rings is 1. The molecule has 1 atom stereocenters. The lowest BCUT2D eigenvalue weighted by atomic mass is 10.00. The second kappa shape index (κ2) is 9.31. The van der Waals surface area contributed by atoms with Crippen molar-refractivity contribution in [1.82, 2.24) is 14.8 Å². The highest BCUT2D eigenvalue weighted by Gasteiger charge is 2.27.